The molecule has 426 valence electrons. The maximum atomic E-state index is 14.2. The number of aliphatic hydroxyl groups is 1. The van der Waals surface area contributed by atoms with Gasteiger partial charge in [-0.3, -0.25) is 42.6 Å². The number of rotatable bonds is 35. The van der Waals surface area contributed by atoms with Gasteiger partial charge in [-0.2, -0.15) is 0 Å². The Labute approximate surface area is 448 Å². The predicted octanol–water partition coefficient (Wildman–Crippen LogP) is 9.97. The van der Waals surface area contributed by atoms with Gasteiger partial charge in [-0.15, -0.1) is 0 Å². The average molecular weight is 1070 g/mol. The van der Waals surface area contributed by atoms with Gasteiger partial charge < -0.3 is 20.5 Å². The molecule has 5 fully saturated rings. The zero-order valence-electron chi connectivity index (χ0n) is 46.7. The number of Topliss-reactive ketones (excluding diaryl/α,β-unsaturated/α-hetero) is 3. The van der Waals surface area contributed by atoms with Crippen molar-refractivity contribution in [2.24, 2.45) is 46.3 Å². The molecule has 2 unspecified atom stereocenters. The van der Waals surface area contributed by atoms with Crippen molar-refractivity contribution >= 4 is 31.0 Å². The van der Waals surface area contributed by atoms with E-state index < -0.39 is 42.8 Å². The lowest BCUT2D eigenvalue weighted by molar-refractivity contribution is -0.166. The number of H-pyrrole nitrogens is 1. The van der Waals surface area contributed by atoms with Crippen LogP contribution < -0.4 is 27.0 Å². The van der Waals surface area contributed by atoms with Crippen molar-refractivity contribution in [1.82, 2.24) is 25.3 Å². The van der Waals surface area contributed by atoms with E-state index in [1.165, 1.54) is 94.2 Å². The molecular formula is C58H98N5O11P. The first-order valence-electron chi connectivity index (χ1n) is 29.9. The fourth-order valence-corrected chi connectivity index (χ4v) is 15.4. The summed E-state index contributed by atoms with van der Waals surface area (Å²) >= 11 is 0. The maximum absolute atomic E-state index is 14.2. The van der Waals surface area contributed by atoms with Gasteiger partial charge in [-0.25, -0.2) is 14.4 Å². The van der Waals surface area contributed by atoms with Gasteiger partial charge in [0.15, 0.2) is 0 Å². The number of aryl methyl sites for hydroxylation is 1. The Morgan fingerprint density at radius 2 is 1.48 bits per heavy atom. The lowest BCUT2D eigenvalue weighted by atomic mass is 9.44. The van der Waals surface area contributed by atoms with Crippen LogP contribution in [0.1, 0.15) is 219 Å². The summed E-state index contributed by atoms with van der Waals surface area (Å²) in [5.74, 6) is 1.12. The number of aromatic amines is 1. The molecule has 5 aliphatic rings. The van der Waals surface area contributed by atoms with E-state index in [2.05, 4.69) is 48.4 Å². The summed E-state index contributed by atoms with van der Waals surface area (Å²) in [5.41, 5.74) is -1.49. The summed E-state index contributed by atoms with van der Waals surface area (Å²) in [6, 6.07) is 0. The molecule has 5 N–H and O–H groups in total. The summed E-state index contributed by atoms with van der Waals surface area (Å²) in [7, 11) is -3.81. The molecule has 0 radical (unpaired) electrons. The highest BCUT2D eigenvalue weighted by Crippen LogP contribution is 2.66. The Kier molecular flexibility index (Phi) is 24.5. The van der Waals surface area contributed by atoms with E-state index in [9.17, 15) is 38.4 Å². The van der Waals surface area contributed by atoms with E-state index in [4.69, 9.17) is 13.8 Å². The number of carbonyl (C=O) groups is 4. The molecule has 6 rings (SSSR count). The zero-order chi connectivity index (χ0) is 54.0. The molecule has 2 heterocycles. The first-order chi connectivity index (χ1) is 36.0. The molecule has 1 saturated heterocycles. The molecule has 1 aliphatic heterocycles. The summed E-state index contributed by atoms with van der Waals surface area (Å²) in [6.07, 6.45) is 25.6. The molecule has 0 aromatic carbocycles. The van der Waals surface area contributed by atoms with Gasteiger partial charge in [0, 0.05) is 74.7 Å². The highest BCUT2D eigenvalue weighted by Gasteiger charge is 2.66. The van der Waals surface area contributed by atoms with Gasteiger partial charge >= 0.3 is 13.4 Å². The second-order valence-corrected chi connectivity index (χ2v) is 25.8. The molecule has 17 heteroatoms. The van der Waals surface area contributed by atoms with Crippen LogP contribution in [-0.2, 0) is 37.5 Å². The van der Waals surface area contributed by atoms with Gasteiger partial charge in [0.2, 0.25) is 5.91 Å². The second kappa shape index (κ2) is 29.9. The Balaban J connectivity index is 0.855. The summed E-state index contributed by atoms with van der Waals surface area (Å²) in [5, 5.41) is 20.3. The number of unbranched alkanes of at least 4 members (excludes halogenated alkanes) is 15. The first-order valence-corrected chi connectivity index (χ1v) is 31.4. The van der Waals surface area contributed by atoms with Crippen LogP contribution in [0.5, 0.6) is 0 Å². The van der Waals surface area contributed by atoms with Gasteiger partial charge in [0.1, 0.15) is 29.7 Å². The van der Waals surface area contributed by atoms with Crippen LogP contribution in [0.2, 0.25) is 0 Å². The van der Waals surface area contributed by atoms with Crippen LogP contribution in [0.25, 0.3) is 0 Å². The lowest BCUT2D eigenvalue weighted by Gasteiger charge is -2.58. The molecule has 4 saturated carbocycles. The minimum atomic E-state index is -3.81. The maximum Gasteiger partial charge on any atom is 0.405 e. The SMILES string of the molecule is CCCCCCCCCCCCCCCCCCOP(=O)(NCCCNCCCNC(=O)CCC(C)[C@H]1CC[C@H]2[C@@H]3C(=O)C[C@@H]4CC(=O)CC[C@]4(C)[C@H]3CC(=O)[C@]12C)OC[C@H]1O[C@@H](n2cc(C)c(=O)[nH]c2=O)C[C@@H]1O. The molecule has 75 heavy (non-hydrogen) atoms. The number of nitrogens with zero attached hydrogens (tertiary/aromatic N) is 1. The Bertz CT molecular complexity index is 2170. The first kappa shape index (κ1) is 61.4. The molecular weight excluding hydrogens is 974 g/mol. The van der Waals surface area contributed by atoms with Crippen molar-refractivity contribution in [2.75, 3.05) is 39.4 Å². The van der Waals surface area contributed by atoms with Crippen LogP contribution in [0, 0.1) is 53.3 Å². The third-order valence-electron chi connectivity index (χ3n) is 18.7. The van der Waals surface area contributed by atoms with Crippen molar-refractivity contribution in [3.8, 4) is 0 Å². The number of fused-ring (bicyclic) bond motifs is 5. The molecule has 1 amide bonds. The summed E-state index contributed by atoms with van der Waals surface area (Å²) < 4.78 is 33.1. The van der Waals surface area contributed by atoms with Crippen LogP contribution >= 0.6 is 7.75 Å². The van der Waals surface area contributed by atoms with Crippen LogP contribution in [0.3, 0.4) is 0 Å². The van der Waals surface area contributed by atoms with E-state index in [1.54, 1.807) is 6.92 Å². The van der Waals surface area contributed by atoms with Gasteiger partial charge in [-0.1, -0.05) is 124 Å². The quantitative estimate of drug-likeness (QED) is 0.0316. The topological polar surface area (TPSA) is 224 Å². The predicted molar refractivity (Wildman–Crippen MR) is 292 cm³/mol. The van der Waals surface area contributed by atoms with Crippen molar-refractivity contribution in [1.29, 1.82) is 0 Å². The number of aliphatic hydroxyl groups excluding tert-OH is 1. The van der Waals surface area contributed by atoms with E-state index >= 15 is 0 Å². The summed E-state index contributed by atoms with van der Waals surface area (Å²) in [6.45, 7) is 12.6. The van der Waals surface area contributed by atoms with Crippen LogP contribution in [0.15, 0.2) is 15.8 Å². The van der Waals surface area contributed by atoms with Crippen molar-refractivity contribution in [2.45, 2.75) is 233 Å². The van der Waals surface area contributed by atoms with Crippen LogP contribution in [0.4, 0.5) is 0 Å². The number of carbonyl (C=O) groups excluding carboxylic acids is 4. The lowest BCUT2D eigenvalue weighted by Crippen LogP contribution is -2.60. The van der Waals surface area contributed by atoms with Crippen molar-refractivity contribution in [3.05, 3.63) is 32.6 Å². The number of hydrogen-bond donors (Lipinski definition) is 5. The highest BCUT2D eigenvalue weighted by molar-refractivity contribution is 7.51. The Hall–Kier alpha value is -2.85. The van der Waals surface area contributed by atoms with E-state index in [1.807, 2.05) is 0 Å². The molecule has 0 spiro atoms. The number of aromatic nitrogens is 2. The standard InChI is InChI=1S/C58H98N5O11P/c1-6-7-8-9-10-11-12-13-14-15-16-17-18-19-20-21-34-72-75(71,73-40-50-48(65)38-53(74-50)63-39-42(3)55(69)62-56(63)70)61-33-23-31-59-30-22-32-60-52(68)27-24-41(2)45-25-26-46-54-47(37-51(67)58(45,46)5)57(4)29-28-44(64)35-43(57)36-49(54)66/h39,41,43,45-48,50,53-54,59,65H,6-38,40H2,1-5H3,(H,60,68)(H,61,71)(H,62,69,70)/t41?,43-,45+,46-,47-,48-,50+,53+,54-,57-,58+,75?/m0/s1. The third kappa shape index (κ3) is 16.8. The van der Waals surface area contributed by atoms with Crippen LogP contribution in [-0.4, -0.2) is 89.5 Å². The minimum Gasteiger partial charge on any atom is -0.390 e. The Morgan fingerprint density at radius 1 is 0.840 bits per heavy atom. The molecule has 0 bridgehead atoms. The monoisotopic (exact) mass is 1070 g/mol. The summed E-state index contributed by atoms with van der Waals surface area (Å²) in [4.78, 5) is 80.1. The highest BCUT2D eigenvalue weighted by atomic mass is 31.2. The normalized spacial score (nSPS) is 29.7. The molecule has 1 aromatic heterocycles. The Morgan fingerprint density at radius 3 is 2.15 bits per heavy atom. The minimum absolute atomic E-state index is 0.00384. The smallest absolute Gasteiger partial charge is 0.390 e. The van der Waals surface area contributed by atoms with Gasteiger partial charge in [0.05, 0.1) is 19.3 Å². The van der Waals surface area contributed by atoms with Gasteiger partial charge in [-0.05, 0) is 100.0 Å². The number of nitrogens with one attached hydrogen (secondary N) is 4. The third-order valence-corrected chi connectivity index (χ3v) is 20.4. The number of amides is 1. The van der Waals surface area contributed by atoms with Crippen molar-refractivity contribution in [3.63, 3.8) is 0 Å². The second-order valence-electron chi connectivity index (χ2n) is 24.0. The molecule has 12 atom stereocenters. The van der Waals surface area contributed by atoms with Gasteiger partial charge in [0.25, 0.3) is 5.56 Å². The molecule has 16 nitrogen and oxygen atoms in total. The number of hydrogen-bond acceptors (Lipinski definition) is 12. The zero-order valence-corrected chi connectivity index (χ0v) is 47.6. The largest absolute Gasteiger partial charge is 0.405 e. The van der Waals surface area contributed by atoms with E-state index in [0.29, 0.717) is 76.7 Å². The number of ketones is 3. The number of ether oxygens (including phenoxy) is 1. The van der Waals surface area contributed by atoms with Crippen molar-refractivity contribution < 1.29 is 42.6 Å². The fourth-order valence-electron chi connectivity index (χ4n) is 14.0. The van der Waals surface area contributed by atoms with E-state index in [-0.39, 0.29) is 83.8 Å². The average Bonchev–Trinajstić information content (AvgIpc) is 3.95. The van der Waals surface area contributed by atoms with E-state index in [0.717, 1.165) is 44.9 Å². The fraction of sp³-hybridized carbons (Fsp3) is 0.862. The molecule has 1 aromatic rings. The molecule has 4 aliphatic carbocycles.